The summed E-state index contributed by atoms with van der Waals surface area (Å²) in [5.41, 5.74) is 0.861. The van der Waals surface area contributed by atoms with Gasteiger partial charge in [0, 0.05) is 13.0 Å². The number of benzene rings is 2. The Morgan fingerprint density at radius 2 is 2.10 bits per heavy atom. The summed E-state index contributed by atoms with van der Waals surface area (Å²) in [7, 11) is 1.60. The van der Waals surface area contributed by atoms with E-state index in [1.165, 1.54) is 19.1 Å². The van der Waals surface area contributed by atoms with Crippen LogP contribution in [0.15, 0.2) is 30.3 Å². The number of carbonyl (C=O) groups is 1. The van der Waals surface area contributed by atoms with Crippen LogP contribution in [0, 0.1) is 5.82 Å². The summed E-state index contributed by atoms with van der Waals surface area (Å²) in [6.45, 7) is 3.38. The quantitative estimate of drug-likeness (QED) is 0.931. The number of amides is 1. The molecule has 0 saturated heterocycles. The van der Waals surface area contributed by atoms with Gasteiger partial charge in [-0.2, -0.15) is 0 Å². The van der Waals surface area contributed by atoms with Crippen LogP contribution in [0.4, 0.5) is 4.39 Å². The van der Waals surface area contributed by atoms with Crippen LogP contribution in [-0.4, -0.2) is 19.1 Å². The van der Waals surface area contributed by atoms with Crippen LogP contribution in [0.1, 0.15) is 19.4 Å². The molecule has 106 valence electrons. The van der Waals surface area contributed by atoms with Crippen LogP contribution in [0.3, 0.4) is 0 Å². The number of methoxy groups -OCH3 is 1. The van der Waals surface area contributed by atoms with Crippen LogP contribution in [0.2, 0.25) is 0 Å². The Morgan fingerprint density at radius 3 is 2.75 bits per heavy atom. The second-order valence-electron chi connectivity index (χ2n) is 4.96. The smallest absolute Gasteiger partial charge is 0.217 e. The molecule has 2 rings (SSSR count). The van der Waals surface area contributed by atoms with E-state index in [2.05, 4.69) is 5.32 Å². The standard InChI is InChI=1S/C16H18FNO2/c1-10(18-11(2)19)6-13-8-14(17)7-12-4-5-15(20-3)9-16(12)13/h4-5,7-10H,6H2,1-3H3,(H,18,19). The van der Waals surface area contributed by atoms with Crippen LogP contribution < -0.4 is 10.1 Å². The third-order valence-electron chi connectivity index (χ3n) is 3.19. The van der Waals surface area contributed by atoms with Crippen molar-refractivity contribution in [3.63, 3.8) is 0 Å². The molecule has 4 heteroatoms. The lowest BCUT2D eigenvalue weighted by atomic mass is 9.98. The van der Waals surface area contributed by atoms with E-state index >= 15 is 0 Å². The summed E-state index contributed by atoms with van der Waals surface area (Å²) in [6.07, 6.45) is 0.570. The maximum absolute atomic E-state index is 13.7. The summed E-state index contributed by atoms with van der Waals surface area (Å²) in [5, 5.41) is 4.59. The number of fused-ring (bicyclic) bond motifs is 1. The summed E-state index contributed by atoms with van der Waals surface area (Å²) in [4.78, 5) is 11.1. The van der Waals surface area contributed by atoms with Crippen molar-refractivity contribution in [3.8, 4) is 5.75 Å². The van der Waals surface area contributed by atoms with Gasteiger partial charge in [0.2, 0.25) is 5.91 Å². The van der Waals surface area contributed by atoms with Crippen molar-refractivity contribution in [1.82, 2.24) is 5.32 Å². The summed E-state index contributed by atoms with van der Waals surface area (Å²) in [6, 6.07) is 8.50. The molecule has 0 aliphatic rings. The van der Waals surface area contributed by atoms with E-state index < -0.39 is 0 Å². The lowest BCUT2D eigenvalue weighted by molar-refractivity contribution is -0.119. The van der Waals surface area contributed by atoms with E-state index in [9.17, 15) is 9.18 Å². The number of ether oxygens (including phenoxy) is 1. The number of nitrogens with one attached hydrogen (secondary N) is 1. The Labute approximate surface area is 117 Å². The molecule has 0 fully saturated rings. The molecule has 0 saturated carbocycles. The number of carbonyl (C=O) groups excluding carboxylic acids is 1. The predicted octanol–water partition coefficient (Wildman–Crippen LogP) is 3.05. The van der Waals surface area contributed by atoms with Crippen molar-refractivity contribution >= 4 is 16.7 Å². The van der Waals surface area contributed by atoms with Crippen molar-refractivity contribution in [2.24, 2.45) is 0 Å². The maximum Gasteiger partial charge on any atom is 0.217 e. The molecule has 0 spiro atoms. The highest BCUT2D eigenvalue weighted by Gasteiger charge is 2.10. The molecule has 1 unspecified atom stereocenters. The minimum Gasteiger partial charge on any atom is -0.497 e. The Bertz CT molecular complexity index is 640. The van der Waals surface area contributed by atoms with Crippen molar-refractivity contribution < 1.29 is 13.9 Å². The highest BCUT2D eigenvalue weighted by molar-refractivity contribution is 5.87. The molecule has 2 aromatic rings. The van der Waals surface area contributed by atoms with E-state index in [1.807, 2.05) is 25.1 Å². The highest BCUT2D eigenvalue weighted by Crippen LogP contribution is 2.26. The Balaban J connectivity index is 2.42. The zero-order valence-corrected chi connectivity index (χ0v) is 11.9. The Kier molecular flexibility index (Phi) is 4.23. The molecule has 0 heterocycles. The largest absolute Gasteiger partial charge is 0.497 e. The maximum atomic E-state index is 13.7. The van der Waals surface area contributed by atoms with Gasteiger partial charge in [-0.15, -0.1) is 0 Å². The molecule has 0 aromatic heterocycles. The first kappa shape index (κ1) is 14.3. The Morgan fingerprint density at radius 1 is 1.35 bits per heavy atom. The fourth-order valence-electron chi connectivity index (χ4n) is 2.40. The van der Waals surface area contributed by atoms with E-state index in [-0.39, 0.29) is 17.8 Å². The van der Waals surface area contributed by atoms with E-state index in [0.29, 0.717) is 6.42 Å². The van der Waals surface area contributed by atoms with Gasteiger partial charge in [-0.3, -0.25) is 4.79 Å². The first-order valence-corrected chi connectivity index (χ1v) is 6.53. The van der Waals surface area contributed by atoms with E-state index in [4.69, 9.17) is 4.74 Å². The van der Waals surface area contributed by atoms with Gasteiger partial charge in [0.25, 0.3) is 0 Å². The first-order chi connectivity index (χ1) is 9.49. The molecular formula is C16H18FNO2. The lowest BCUT2D eigenvalue weighted by Gasteiger charge is -2.15. The van der Waals surface area contributed by atoms with Crippen LogP contribution in [-0.2, 0) is 11.2 Å². The first-order valence-electron chi connectivity index (χ1n) is 6.53. The zero-order valence-electron chi connectivity index (χ0n) is 11.9. The second kappa shape index (κ2) is 5.90. The minimum atomic E-state index is -0.271. The Hall–Kier alpha value is -2.10. The average Bonchev–Trinajstić information content (AvgIpc) is 2.37. The number of rotatable bonds is 4. The van der Waals surface area contributed by atoms with E-state index in [0.717, 1.165) is 22.1 Å². The molecule has 0 bridgehead atoms. The van der Waals surface area contributed by atoms with Gasteiger partial charge in [-0.05, 0) is 53.9 Å². The van der Waals surface area contributed by atoms with Crippen molar-refractivity contribution in [2.75, 3.05) is 7.11 Å². The molecule has 0 radical (unpaired) electrons. The van der Waals surface area contributed by atoms with Gasteiger partial charge >= 0.3 is 0 Å². The van der Waals surface area contributed by atoms with Crippen molar-refractivity contribution in [3.05, 3.63) is 41.7 Å². The topological polar surface area (TPSA) is 38.3 Å². The SMILES string of the molecule is COc1ccc2cc(F)cc(CC(C)NC(C)=O)c2c1. The van der Waals surface area contributed by atoms with Gasteiger partial charge in [0.15, 0.2) is 0 Å². The minimum absolute atomic E-state index is 0.0521. The molecular weight excluding hydrogens is 257 g/mol. The van der Waals surface area contributed by atoms with Crippen LogP contribution in [0.5, 0.6) is 5.75 Å². The molecule has 0 aliphatic heterocycles. The third-order valence-corrected chi connectivity index (χ3v) is 3.19. The second-order valence-corrected chi connectivity index (χ2v) is 4.96. The van der Waals surface area contributed by atoms with Gasteiger partial charge in [-0.25, -0.2) is 4.39 Å². The molecule has 20 heavy (non-hydrogen) atoms. The monoisotopic (exact) mass is 275 g/mol. The summed E-state index contributed by atoms with van der Waals surface area (Å²) < 4.78 is 18.9. The fraction of sp³-hybridized carbons (Fsp3) is 0.312. The van der Waals surface area contributed by atoms with Gasteiger partial charge in [-0.1, -0.05) is 6.07 Å². The molecule has 0 aliphatic carbocycles. The normalized spacial score (nSPS) is 12.2. The zero-order chi connectivity index (χ0) is 14.7. The summed E-state index contributed by atoms with van der Waals surface area (Å²) >= 11 is 0. The number of hydrogen-bond acceptors (Lipinski definition) is 2. The van der Waals surface area contributed by atoms with Crippen LogP contribution >= 0.6 is 0 Å². The van der Waals surface area contributed by atoms with E-state index in [1.54, 1.807) is 7.11 Å². The summed E-state index contributed by atoms with van der Waals surface area (Å²) in [5.74, 6) is 0.376. The number of hydrogen-bond donors (Lipinski definition) is 1. The van der Waals surface area contributed by atoms with Crippen LogP contribution in [0.25, 0.3) is 10.8 Å². The van der Waals surface area contributed by atoms with Gasteiger partial charge < -0.3 is 10.1 Å². The molecule has 1 atom stereocenters. The molecule has 1 amide bonds. The highest BCUT2D eigenvalue weighted by atomic mass is 19.1. The number of halogens is 1. The molecule has 3 nitrogen and oxygen atoms in total. The van der Waals surface area contributed by atoms with Gasteiger partial charge in [0.05, 0.1) is 7.11 Å². The molecule has 2 aromatic carbocycles. The van der Waals surface area contributed by atoms with Gasteiger partial charge in [0.1, 0.15) is 11.6 Å². The van der Waals surface area contributed by atoms with Crippen molar-refractivity contribution in [1.29, 1.82) is 0 Å². The molecule has 1 N–H and O–H groups in total. The van der Waals surface area contributed by atoms with Crippen molar-refractivity contribution in [2.45, 2.75) is 26.3 Å². The predicted molar refractivity (Wildman–Crippen MR) is 77.4 cm³/mol. The third kappa shape index (κ3) is 3.26. The average molecular weight is 275 g/mol. The lowest BCUT2D eigenvalue weighted by Crippen LogP contribution is -2.32. The fourth-order valence-corrected chi connectivity index (χ4v) is 2.40.